The quantitative estimate of drug-likeness (QED) is 0.199. The van der Waals surface area contributed by atoms with Gasteiger partial charge in [0.05, 0.1) is 11.1 Å². The Morgan fingerprint density at radius 3 is 1.39 bits per heavy atom. The van der Waals surface area contributed by atoms with Crippen LogP contribution in [0.2, 0.25) is 0 Å². The Kier molecular flexibility index (Phi) is 6.17. The van der Waals surface area contributed by atoms with Crippen molar-refractivity contribution in [2.75, 3.05) is 4.90 Å². The van der Waals surface area contributed by atoms with Gasteiger partial charge in [0.25, 0.3) is 0 Å². The predicted molar refractivity (Wildman–Crippen MR) is 194 cm³/mol. The SMILES string of the molecule is c1ccc2c(-c3ccc(N(c4ccc(-c5cccc6ccccc56)cc4)c4cccc5oc6ccccc6c45)cc3)cccc2c1. The smallest absolute Gasteiger partial charge is 0.137 e. The molecule has 0 N–H and O–H groups in total. The lowest BCUT2D eigenvalue weighted by Gasteiger charge is -2.27. The molecule has 0 radical (unpaired) electrons. The molecule has 0 saturated heterocycles. The Morgan fingerprint density at radius 2 is 0.804 bits per heavy atom. The minimum Gasteiger partial charge on any atom is -0.456 e. The monoisotopic (exact) mass is 587 g/mol. The van der Waals surface area contributed by atoms with Crippen LogP contribution in [0.1, 0.15) is 0 Å². The highest BCUT2D eigenvalue weighted by molar-refractivity contribution is 6.13. The lowest BCUT2D eigenvalue weighted by molar-refractivity contribution is 0.669. The summed E-state index contributed by atoms with van der Waals surface area (Å²) in [5.74, 6) is 0. The van der Waals surface area contributed by atoms with Gasteiger partial charge in [-0.3, -0.25) is 0 Å². The molecule has 0 spiro atoms. The Bertz CT molecular complexity index is 2390. The lowest BCUT2D eigenvalue weighted by Crippen LogP contribution is -2.10. The maximum absolute atomic E-state index is 6.32. The molecule has 0 amide bonds. The van der Waals surface area contributed by atoms with E-state index in [-0.39, 0.29) is 0 Å². The van der Waals surface area contributed by atoms with Gasteiger partial charge >= 0.3 is 0 Å². The molecule has 2 heteroatoms. The van der Waals surface area contributed by atoms with Crippen molar-refractivity contribution in [2.45, 2.75) is 0 Å². The van der Waals surface area contributed by atoms with Gasteiger partial charge in [-0.25, -0.2) is 0 Å². The number of para-hydroxylation sites is 1. The molecular formula is C44H29NO. The fraction of sp³-hybridized carbons (Fsp3) is 0. The molecule has 9 rings (SSSR count). The van der Waals surface area contributed by atoms with E-state index in [1.807, 2.05) is 12.1 Å². The minimum atomic E-state index is 0.878. The molecule has 0 atom stereocenters. The number of nitrogens with zero attached hydrogens (tertiary/aromatic N) is 1. The maximum Gasteiger partial charge on any atom is 0.137 e. The van der Waals surface area contributed by atoms with E-state index in [0.29, 0.717) is 0 Å². The van der Waals surface area contributed by atoms with Crippen molar-refractivity contribution in [3.05, 3.63) is 176 Å². The summed E-state index contributed by atoms with van der Waals surface area (Å²) in [5, 5.41) is 7.22. The number of benzene rings is 8. The van der Waals surface area contributed by atoms with Crippen LogP contribution in [-0.4, -0.2) is 0 Å². The van der Waals surface area contributed by atoms with Crippen molar-refractivity contribution in [3.63, 3.8) is 0 Å². The van der Waals surface area contributed by atoms with E-state index in [2.05, 4.69) is 169 Å². The Morgan fingerprint density at radius 1 is 0.348 bits per heavy atom. The van der Waals surface area contributed by atoms with E-state index in [1.54, 1.807) is 0 Å². The first-order chi connectivity index (χ1) is 22.8. The van der Waals surface area contributed by atoms with Crippen molar-refractivity contribution >= 4 is 60.5 Å². The van der Waals surface area contributed by atoms with E-state index in [4.69, 9.17) is 4.42 Å². The molecule has 0 fully saturated rings. The van der Waals surface area contributed by atoms with Crippen LogP contribution in [0, 0.1) is 0 Å². The van der Waals surface area contributed by atoms with Gasteiger partial charge < -0.3 is 9.32 Å². The van der Waals surface area contributed by atoms with E-state index in [1.165, 1.54) is 43.8 Å². The van der Waals surface area contributed by atoms with Gasteiger partial charge in [-0.2, -0.15) is 0 Å². The number of hydrogen-bond donors (Lipinski definition) is 0. The maximum atomic E-state index is 6.32. The van der Waals surface area contributed by atoms with Crippen LogP contribution in [0.4, 0.5) is 17.1 Å². The molecule has 0 aliphatic heterocycles. The highest BCUT2D eigenvalue weighted by Crippen LogP contribution is 2.44. The molecule has 0 aliphatic carbocycles. The summed E-state index contributed by atoms with van der Waals surface area (Å²) >= 11 is 0. The van der Waals surface area contributed by atoms with Crippen molar-refractivity contribution < 1.29 is 4.42 Å². The van der Waals surface area contributed by atoms with Crippen molar-refractivity contribution in [1.82, 2.24) is 0 Å². The zero-order valence-corrected chi connectivity index (χ0v) is 25.1. The van der Waals surface area contributed by atoms with Gasteiger partial charge in [0.15, 0.2) is 0 Å². The van der Waals surface area contributed by atoms with E-state index >= 15 is 0 Å². The first kappa shape index (κ1) is 26.3. The summed E-state index contributed by atoms with van der Waals surface area (Å²) in [4.78, 5) is 2.35. The van der Waals surface area contributed by atoms with E-state index < -0.39 is 0 Å². The second kappa shape index (κ2) is 10.8. The fourth-order valence-electron chi connectivity index (χ4n) is 6.90. The van der Waals surface area contributed by atoms with Gasteiger partial charge in [-0.1, -0.05) is 133 Å². The Labute approximate surface area is 267 Å². The molecule has 0 unspecified atom stereocenters. The van der Waals surface area contributed by atoms with Gasteiger partial charge in [-0.15, -0.1) is 0 Å². The van der Waals surface area contributed by atoms with Crippen molar-refractivity contribution in [1.29, 1.82) is 0 Å². The molecule has 1 heterocycles. The van der Waals surface area contributed by atoms with Gasteiger partial charge in [0, 0.05) is 16.8 Å². The first-order valence-corrected chi connectivity index (χ1v) is 15.7. The summed E-state index contributed by atoms with van der Waals surface area (Å²) in [6.07, 6.45) is 0. The summed E-state index contributed by atoms with van der Waals surface area (Å²) in [7, 11) is 0. The second-order valence-electron chi connectivity index (χ2n) is 11.7. The first-order valence-electron chi connectivity index (χ1n) is 15.7. The number of fused-ring (bicyclic) bond motifs is 5. The zero-order valence-electron chi connectivity index (χ0n) is 25.1. The molecule has 216 valence electrons. The molecule has 1 aromatic heterocycles. The van der Waals surface area contributed by atoms with Gasteiger partial charge in [-0.05, 0) is 86.3 Å². The topological polar surface area (TPSA) is 16.4 Å². The fourth-order valence-corrected chi connectivity index (χ4v) is 6.90. The van der Waals surface area contributed by atoms with Crippen LogP contribution in [0.15, 0.2) is 180 Å². The van der Waals surface area contributed by atoms with Gasteiger partial charge in [0.2, 0.25) is 0 Å². The Balaban J connectivity index is 1.21. The molecule has 0 aliphatic rings. The molecule has 46 heavy (non-hydrogen) atoms. The third kappa shape index (κ3) is 4.35. The van der Waals surface area contributed by atoms with Crippen LogP contribution < -0.4 is 4.90 Å². The molecule has 8 aromatic carbocycles. The number of anilines is 3. The van der Waals surface area contributed by atoms with Gasteiger partial charge in [0.1, 0.15) is 11.2 Å². The highest BCUT2D eigenvalue weighted by atomic mass is 16.3. The van der Waals surface area contributed by atoms with Crippen molar-refractivity contribution in [3.8, 4) is 22.3 Å². The van der Waals surface area contributed by atoms with E-state index in [9.17, 15) is 0 Å². The third-order valence-electron chi connectivity index (χ3n) is 9.07. The molecule has 0 saturated carbocycles. The normalized spacial score (nSPS) is 11.5. The largest absolute Gasteiger partial charge is 0.456 e. The lowest BCUT2D eigenvalue weighted by atomic mass is 9.97. The standard InChI is InChI=1S/C44H29NO/c1-3-14-36-30(10-1)12-7-17-38(36)32-22-26-34(27-23-32)45(41-19-9-21-43-44(41)40-16-5-6-20-42(40)46-43)35-28-24-33(25-29-35)39-18-8-13-31-11-2-4-15-37(31)39/h1-29H. The highest BCUT2D eigenvalue weighted by Gasteiger charge is 2.19. The molecular weight excluding hydrogens is 558 g/mol. The summed E-state index contributed by atoms with van der Waals surface area (Å²) in [6, 6.07) is 62.7. The summed E-state index contributed by atoms with van der Waals surface area (Å²) < 4.78 is 6.32. The number of rotatable bonds is 5. The van der Waals surface area contributed by atoms with Crippen molar-refractivity contribution in [2.24, 2.45) is 0 Å². The number of hydrogen-bond acceptors (Lipinski definition) is 2. The summed E-state index contributed by atoms with van der Waals surface area (Å²) in [5.41, 5.74) is 9.87. The molecule has 0 bridgehead atoms. The summed E-state index contributed by atoms with van der Waals surface area (Å²) in [6.45, 7) is 0. The van der Waals surface area contributed by atoms with Crippen LogP contribution in [0.3, 0.4) is 0 Å². The van der Waals surface area contributed by atoms with Crippen LogP contribution >= 0.6 is 0 Å². The van der Waals surface area contributed by atoms with Crippen LogP contribution in [0.25, 0.3) is 65.7 Å². The Hall–Kier alpha value is -6.12. The average molecular weight is 588 g/mol. The molecule has 9 aromatic rings. The number of furan rings is 1. The minimum absolute atomic E-state index is 0.878. The predicted octanol–water partition coefficient (Wildman–Crippen LogP) is 12.7. The van der Waals surface area contributed by atoms with Crippen LogP contribution in [0.5, 0.6) is 0 Å². The average Bonchev–Trinajstić information content (AvgIpc) is 3.51. The third-order valence-corrected chi connectivity index (χ3v) is 9.07. The second-order valence-corrected chi connectivity index (χ2v) is 11.7. The van der Waals surface area contributed by atoms with Crippen LogP contribution in [-0.2, 0) is 0 Å². The molecule has 2 nitrogen and oxygen atoms in total. The zero-order chi connectivity index (χ0) is 30.5. The van der Waals surface area contributed by atoms with E-state index in [0.717, 1.165) is 39.0 Å².